The van der Waals surface area contributed by atoms with Crippen LogP contribution >= 0.6 is 11.6 Å². The van der Waals surface area contributed by atoms with Gasteiger partial charge in [0, 0.05) is 31.5 Å². The molecule has 2 aromatic rings. The number of halogens is 1. The Kier molecular flexibility index (Phi) is 4.68. The summed E-state index contributed by atoms with van der Waals surface area (Å²) >= 11 is 6.25. The number of aliphatic hydroxyl groups excluding tert-OH is 1. The van der Waals surface area contributed by atoms with Gasteiger partial charge >= 0.3 is 0 Å². The molecule has 0 saturated heterocycles. The summed E-state index contributed by atoms with van der Waals surface area (Å²) in [4.78, 5) is 12.7. The number of carbonyl (C=O) groups is 1. The highest BCUT2D eigenvalue weighted by Crippen LogP contribution is 2.34. The molecule has 2 N–H and O–H groups in total. The van der Waals surface area contributed by atoms with Crippen LogP contribution in [0.4, 0.5) is 0 Å². The largest absolute Gasteiger partial charge is 0.396 e. The normalized spacial score (nSPS) is 15.4. The molecule has 6 heteroatoms. The van der Waals surface area contributed by atoms with E-state index in [9.17, 15) is 9.90 Å². The lowest BCUT2D eigenvalue weighted by molar-refractivity contribution is 0.0925. The molecule has 122 valence electrons. The fourth-order valence-corrected chi connectivity index (χ4v) is 3.04. The van der Waals surface area contributed by atoms with Crippen molar-refractivity contribution in [2.75, 3.05) is 6.61 Å². The second-order valence-electron chi connectivity index (χ2n) is 5.97. The third kappa shape index (κ3) is 3.57. The number of rotatable bonds is 6. The number of amides is 1. The molecule has 1 heterocycles. The Bertz CT molecular complexity index is 710. The lowest BCUT2D eigenvalue weighted by Gasteiger charge is -2.17. The number of nitrogens with zero attached hydrogens (tertiary/aromatic N) is 2. The van der Waals surface area contributed by atoms with Gasteiger partial charge in [0.2, 0.25) is 0 Å². The summed E-state index contributed by atoms with van der Waals surface area (Å²) in [7, 11) is 1.78. The molecule has 1 unspecified atom stereocenters. The minimum absolute atomic E-state index is 0.0202. The maximum atomic E-state index is 12.7. The third-order valence-corrected chi connectivity index (χ3v) is 4.48. The number of aromatic nitrogens is 2. The van der Waals surface area contributed by atoms with E-state index < -0.39 is 0 Å². The van der Waals surface area contributed by atoms with Gasteiger partial charge in [0.05, 0.1) is 10.6 Å². The highest BCUT2D eigenvalue weighted by Gasteiger charge is 2.32. The van der Waals surface area contributed by atoms with Crippen molar-refractivity contribution in [3.05, 3.63) is 41.0 Å². The second-order valence-corrected chi connectivity index (χ2v) is 6.38. The van der Waals surface area contributed by atoms with Gasteiger partial charge in [-0.25, -0.2) is 0 Å². The van der Waals surface area contributed by atoms with Gasteiger partial charge in [-0.05, 0) is 31.2 Å². The van der Waals surface area contributed by atoms with Crippen molar-refractivity contribution in [2.45, 2.75) is 25.3 Å². The maximum Gasteiger partial charge on any atom is 0.255 e. The number of aryl methyl sites for hydroxylation is 1. The first-order chi connectivity index (χ1) is 11.1. The molecular formula is C17H20ClN3O2. The van der Waals surface area contributed by atoms with E-state index in [4.69, 9.17) is 11.6 Å². The first-order valence-electron chi connectivity index (χ1n) is 7.80. The zero-order valence-corrected chi connectivity index (χ0v) is 13.8. The Morgan fingerprint density at radius 2 is 2.22 bits per heavy atom. The number of aliphatic hydroxyl groups is 1. The van der Waals surface area contributed by atoms with Crippen LogP contribution in [0.5, 0.6) is 0 Å². The highest BCUT2D eigenvalue weighted by molar-refractivity contribution is 6.33. The molecule has 1 saturated carbocycles. The van der Waals surface area contributed by atoms with Crippen molar-refractivity contribution in [2.24, 2.45) is 13.0 Å². The Morgan fingerprint density at radius 1 is 1.48 bits per heavy atom. The van der Waals surface area contributed by atoms with Crippen molar-refractivity contribution in [3.8, 4) is 11.3 Å². The van der Waals surface area contributed by atoms with Gasteiger partial charge in [0.25, 0.3) is 5.91 Å². The van der Waals surface area contributed by atoms with Gasteiger partial charge in [0.15, 0.2) is 0 Å². The molecule has 1 aromatic carbocycles. The van der Waals surface area contributed by atoms with Crippen LogP contribution in [0.2, 0.25) is 5.02 Å². The summed E-state index contributed by atoms with van der Waals surface area (Å²) in [5.74, 6) is 0.310. The number of nitrogens with one attached hydrogen (secondary N) is 1. The summed E-state index contributed by atoms with van der Waals surface area (Å²) < 4.78 is 1.62. The standard InChI is InChI=1S/C17H20ClN3O2/c1-21-10-13(16(20-21)12-4-2-3-5-14(12)18)17(23)19-15(8-9-22)11-6-7-11/h2-5,10-11,15,22H,6-9H2,1H3,(H,19,23). The van der Waals surface area contributed by atoms with E-state index in [-0.39, 0.29) is 18.6 Å². The minimum atomic E-state index is -0.168. The Labute approximate surface area is 140 Å². The van der Waals surface area contributed by atoms with Crippen molar-refractivity contribution in [3.63, 3.8) is 0 Å². The van der Waals surface area contributed by atoms with Crippen LogP contribution in [0.15, 0.2) is 30.5 Å². The molecule has 1 aliphatic carbocycles. The molecule has 1 fully saturated rings. The zero-order chi connectivity index (χ0) is 16.4. The number of carbonyl (C=O) groups excluding carboxylic acids is 1. The first kappa shape index (κ1) is 16.0. The summed E-state index contributed by atoms with van der Waals surface area (Å²) in [5, 5.41) is 17.2. The van der Waals surface area contributed by atoms with Gasteiger partial charge in [-0.3, -0.25) is 9.48 Å². The molecular weight excluding hydrogens is 314 g/mol. The number of hydrogen-bond acceptors (Lipinski definition) is 3. The highest BCUT2D eigenvalue weighted by atomic mass is 35.5. The molecule has 1 aromatic heterocycles. The van der Waals surface area contributed by atoms with Crippen LogP contribution < -0.4 is 5.32 Å². The van der Waals surface area contributed by atoms with E-state index >= 15 is 0 Å². The van der Waals surface area contributed by atoms with Crippen LogP contribution in [0.25, 0.3) is 11.3 Å². The molecule has 1 aliphatic rings. The van der Waals surface area contributed by atoms with Crippen LogP contribution in [0, 0.1) is 5.92 Å². The first-order valence-corrected chi connectivity index (χ1v) is 8.18. The lowest BCUT2D eigenvalue weighted by Crippen LogP contribution is -2.37. The predicted molar refractivity (Wildman–Crippen MR) is 89.3 cm³/mol. The average Bonchev–Trinajstić information content (AvgIpc) is 3.30. The Morgan fingerprint density at radius 3 is 2.87 bits per heavy atom. The van der Waals surface area contributed by atoms with Crippen molar-refractivity contribution < 1.29 is 9.90 Å². The SMILES string of the molecule is Cn1cc(C(=O)NC(CCO)C2CC2)c(-c2ccccc2Cl)n1. The lowest BCUT2D eigenvalue weighted by atomic mass is 10.1. The summed E-state index contributed by atoms with van der Waals surface area (Å²) in [6.07, 6.45) is 4.50. The Balaban J connectivity index is 1.88. The van der Waals surface area contributed by atoms with Gasteiger partial charge < -0.3 is 10.4 Å². The summed E-state index contributed by atoms with van der Waals surface area (Å²) in [5.41, 5.74) is 1.82. The van der Waals surface area contributed by atoms with Crippen molar-refractivity contribution in [1.82, 2.24) is 15.1 Å². The smallest absolute Gasteiger partial charge is 0.255 e. The van der Waals surface area contributed by atoms with E-state index in [1.54, 1.807) is 24.0 Å². The van der Waals surface area contributed by atoms with E-state index in [1.165, 1.54) is 0 Å². The molecule has 0 spiro atoms. The van der Waals surface area contributed by atoms with Crippen LogP contribution in [-0.4, -0.2) is 33.4 Å². The van der Waals surface area contributed by atoms with E-state index in [0.717, 1.165) is 18.4 Å². The Hall–Kier alpha value is -1.85. The van der Waals surface area contributed by atoms with Gasteiger partial charge in [-0.1, -0.05) is 29.8 Å². The number of benzene rings is 1. The fourth-order valence-electron chi connectivity index (χ4n) is 2.82. The average molecular weight is 334 g/mol. The molecule has 5 nitrogen and oxygen atoms in total. The quantitative estimate of drug-likeness (QED) is 0.854. The van der Waals surface area contributed by atoms with Crippen LogP contribution in [0.3, 0.4) is 0 Å². The van der Waals surface area contributed by atoms with Gasteiger partial charge in [0.1, 0.15) is 5.69 Å². The molecule has 1 amide bonds. The van der Waals surface area contributed by atoms with Crippen molar-refractivity contribution in [1.29, 1.82) is 0 Å². The topological polar surface area (TPSA) is 67.2 Å². The summed E-state index contributed by atoms with van der Waals surface area (Å²) in [6, 6.07) is 7.38. The van der Waals surface area contributed by atoms with Gasteiger partial charge in [-0.15, -0.1) is 0 Å². The van der Waals surface area contributed by atoms with E-state index in [0.29, 0.717) is 28.6 Å². The molecule has 1 atom stereocenters. The van der Waals surface area contributed by atoms with Gasteiger partial charge in [-0.2, -0.15) is 5.10 Å². The third-order valence-electron chi connectivity index (χ3n) is 4.15. The van der Waals surface area contributed by atoms with Crippen LogP contribution in [-0.2, 0) is 7.05 Å². The maximum absolute atomic E-state index is 12.7. The van der Waals surface area contributed by atoms with E-state index in [2.05, 4.69) is 10.4 Å². The molecule has 0 aliphatic heterocycles. The van der Waals surface area contributed by atoms with Crippen molar-refractivity contribution >= 4 is 17.5 Å². The summed E-state index contributed by atoms with van der Waals surface area (Å²) in [6.45, 7) is 0.0753. The fraction of sp³-hybridized carbons (Fsp3) is 0.412. The zero-order valence-electron chi connectivity index (χ0n) is 13.0. The predicted octanol–water partition coefficient (Wildman–Crippen LogP) is 2.63. The van der Waals surface area contributed by atoms with E-state index in [1.807, 2.05) is 18.2 Å². The monoisotopic (exact) mass is 333 g/mol. The number of hydrogen-bond donors (Lipinski definition) is 2. The minimum Gasteiger partial charge on any atom is -0.396 e. The van der Waals surface area contributed by atoms with Crippen LogP contribution in [0.1, 0.15) is 29.6 Å². The molecule has 23 heavy (non-hydrogen) atoms. The molecule has 0 bridgehead atoms. The second kappa shape index (κ2) is 6.72. The molecule has 3 rings (SSSR count). The molecule has 0 radical (unpaired) electrons.